The Hall–Kier alpha value is -0.303. The van der Waals surface area contributed by atoms with Crippen molar-refractivity contribution < 1.29 is 9.47 Å². The molecule has 1 saturated heterocycles. The maximum absolute atomic E-state index is 5.58. The molecular formula is C9H16O2Si. The number of ether oxygens (including phenoxy) is 2. The van der Waals surface area contributed by atoms with Crippen molar-refractivity contribution in [3.8, 4) is 12.3 Å². The van der Waals surface area contributed by atoms with Gasteiger partial charge in [-0.1, -0.05) is 25.6 Å². The van der Waals surface area contributed by atoms with Gasteiger partial charge >= 0.3 is 0 Å². The van der Waals surface area contributed by atoms with E-state index in [0.29, 0.717) is 12.7 Å². The first kappa shape index (κ1) is 9.78. The molecule has 1 aliphatic heterocycles. The Kier molecular flexibility index (Phi) is 2.94. The molecule has 68 valence electrons. The van der Waals surface area contributed by atoms with Gasteiger partial charge in [0.2, 0.25) is 0 Å². The summed E-state index contributed by atoms with van der Waals surface area (Å²) in [5.41, 5.74) is 0.0294. The van der Waals surface area contributed by atoms with Crippen molar-refractivity contribution in [3.63, 3.8) is 0 Å². The molecule has 12 heavy (non-hydrogen) atoms. The first-order valence-corrected chi connectivity index (χ1v) is 7.81. The first-order valence-electron chi connectivity index (χ1n) is 4.23. The van der Waals surface area contributed by atoms with Crippen LogP contribution in [0.1, 0.15) is 0 Å². The maximum atomic E-state index is 5.58. The molecular weight excluding hydrogens is 168 g/mol. The highest BCUT2D eigenvalue weighted by atomic mass is 28.3. The lowest BCUT2D eigenvalue weighted by molar-refractivity contribution is 0.116. The Bertz CT molecular complexity index is 186. The van der Waals surface area contributed by atoms with E-state index in [1.807, 2.05) is 0 Å². The van der Waals surface area contributed by atoms with Crippen LogP contribution in [-0.4, -0.2) is 33.1 Å². The van der Waals surface area contributed by atoms with Crippen LogP contribution in [-0.2, 0) is 9.47 Å². The van der Waals surface area contributed by atoms with Crippen molar-refractivity contribution in [3.05, 3.63) is 0 Å². The van der Waals surface area contributed by atoms with Gasteiger partial charge in [0, 0.05) is 0 Å². The molecule has 0 radical (unpaired) electrons. The van der Waals surface area contributed by atoms with Gasteiger partial charge in [-0.2, -0.15) is 0 Å². The van der Waals surface area contributed by atoms with Crippen LogP contribution in [0, 0.1) is 12.3 Å². The van der Waals surface area contributed by atoms with E-state index in [2.05, 4.69) is 25.6 Å². The van der Waals surface area contributed by atoms with E-state index in [4.69, 9.17) is 15.9 Å². The predicted molar refractivity (Wildman–Crippen MR) is 51.7 cm³/mol. The lowest BCUT2D eigenvalue weighted by atomic mass is 10.5. The minimum atomic E-state index is -1.34. The molecule has 1 fully saturated rings. The summed E-state index contributed by atoms with van der Waals surface area (Å²) in [7, 11) is -1.34. The van der Waals surface area contributed by atoms with E-state index in [1.165, 1.54) is 0 Å². The van der Waals surface area contributed by atoms with Crippen LogP contribution in [0.3, 0.4) is 0 Å². The standard InChI is InChI=1S/C9H16O2Si/c1-5-9(12(2,3)4)11-7-8-6-10-8/h1,8-9H,6-7H2,2-4H3. The van der Waals surface area contributed by atoms with Gasteiger partial charge in [-0.3, -0.25) is 0 Å². The van der Waals surface area contributed by atoms with Crippen LogP contribution in [0.4, 0.5) is 0 Å². The Morgan fingerprint density at radius 2 is 2.25 bits per heavy atom. The second-order valence-corrected chi connectivity index (χ2v) is 9.46. The van der Waals surface area contributed by atoms with Gasteiger partial charge in [-0.15, -0.1) is 6.42 Å². The molecule has 0 aromatic rings. The molecule has 2 unspecified atom stereocenters. The highest BCUT2D eigenvalue weighted by Gasteiger charge is 2.29. The zero-order chi connectivity index (χ0) is 9.19. The zero-order valence-electron chi connectivity index (χ0n) is 7.96. The van der Waals surface area contributed by atoms with Crippen LogP contribution in [0.5, 0.6) is 0 Å². The van der Waals surface area contributed by atoms with Gasteiger partial charge in [0.15, 0.2) is 0 Å². The Morgan fingerprint density at radius 3 is 2.58 bits per heavy atom. The van der Waals surface area contributed by atoms with E-state index < -0.39 is 8.07 Å². The Morgan fingerprint density at radius 1 is 1.67 bits per heavy atom. The van der Waals surface area contributed by atoms with Gasteiger partial charge in [0.1, 0.15) is 11.8 Å². The van der Waals surface area contributed by atoms with E-state index in [0.717, 1.165) is 6.61 Å². The van der Waals surface area contributed by atoms with Crippen LogP contribution in [0.25, 0.3) is 0 Å². The number of terminal acetylenes is 1. The summed E-state index contributed by atoms with van der Waals surface area (Å²) in [5.74, 6) is 2.71. The van der Waals surface area contributed by atoms with Gasteiger partial charge in [0.25, 0.3) is 0 Å². The fourth-order valence-corrected chi connectivity index (χ4v) is 2.01. The van der Waals surface area contributed by atoms with Crippen molar-refractivity contribution in [2.45, 2.75) is 31.5 Å². The van der Waals surface area contributed by atoms with Crippen molar-refractivity contribution in [1.29, 1.82) is 0 Å². The Balaban J connectivity index is 2.30. The highest BCUT2D eigenvalue weighted by Crippen LogP contribution is 2.15. The predicted octanol–water partition coefficient (Wildman–Crippen LogP) is 1.28. The summed E-state index contributed by atoms with van der Waals surface area (Å²) in [5, 5.41) is 0. The molecule has 2 atom stereocenters. The molecule has 0 amide bonds. The molecule has 0 aliphatic carbocycles. The van der Waals surface area contributed by atoms with E-state index in [1.54, 1.807) is 0 Å². The average Bonchev–Trinajstić information content (AvgIpc) is 2.69. The minimum Gasteiger partial charge on any atom is -0.371 e. The van der Waals surface area contributed by atoms with Crippen LogP contribution in [0.15, 0.2) is 0 Å². The number of epoxide rings is 1. The normalized spacial score (nSPS) is 24.7. The molecule has 1 heterocycles. The van der Waals surface area contributed by atoms with Gasteiger partial charge < -0.3 is 9.47 Å². The molecule has 1 aliphatic rings. The third-order valence-electron chi connectivity index (χ3n) is 1.79. The SMILES string of the molecule is C#CC(OCC1CO1)[Si](C)(C)C. The molecule has 0 N–H and O–H groups in total. The summed E-state index contributed by atoms with van der Waals surface area (Å²) in [4.78, 5) is 0. The smallest absolute Gasteiger partial charge is 0.105 e. The van der Waals surface area contributed by atoms with Crippen LogP contribution in [0.2, 0.25) is 19.6 Å². The van der Waals surface area contributed by atoms with Gasteiger partial charge in [0.05, 0.1) is 21.3 Å². The summed E-state index contributed by atoms with van der Waals surface area (Å²) in [6.07, 6.45) is 5.70. The highest BCUT2D eigenvalue weighted by molar-refractivity contribution is 6.78. The van der Waals surface area contributed by atoms with Crippen molar-refractivity contribution in [2.75, 3.05) is 13.2 Å². The molecule has 0 aromatic carbocycles. The van der Waals surface area contributed by atoms with Crippen molar-refractivity contribution in [2.24, 2.45) is 0 Å². The van der Waals surface area contributed by atoms with Gasteiger partial charge in [-0.25, -0.2) is 0 Å². The maximum Gasteiger partial charge on any atom is 0.105 e. The third kappa shape index (κ3) is 2.98. The zero-order valence-corrected chi connectivity index (χ0v) is 8.96. The quantitative estimate of drug-likeness (QED) is 0.373. The van der Waals surface area contributed by atoms with Crippen molar-refractivity contribution >= 4 is 8.07 Å². The molecule has 1 rings (SSSR count). The second-order valence-electron chi connectivity index (χ2n) is 4.20. The summed E-state index contributed by atoms with van der Waals surface area (Å²) in [6, 6.07) is 0. The molecule has 2 nitrogen and oxygen atoms in total. The number of hydrogen-bond donors (Lipinski definition) is 0. The molecule has 0 spiro atoms. The van der Waals surface area contributed by atoms with Crippen LogP contribution >= 0.6 is 0 Å². The third-order valence-corrected chi connectivity index (χ3v) is 3.70. The average molecular weight is 184 g/mol. The number of rotatable bonds is 4. The lowest BCUT2D eigenvalue weighted by Gasteiger charge is -2.23. The molecule has 3 heteroatoms. The molecule has 0 saturated carbocycles. The Labute approximate surface area is 75.3 Å². The summed E-state index contributed by atoms with van der Waals surface area (Å²) < 4.78 is 10.6. The van der Waals surface area contributed by atoms with E-state index >= 15 is 0 Å². The summed E-state index contributed by atoms with van der Waals surface area (Å²) >= 11 is 0. The lowest BCUT2D eigenvalue weighted by Crippen LogP contribution is -2.39. The minimum absolute atomic E-state index is 0.0294. The largest absolute Gasteiger partial charge is 0.371 e. The van der Waals surface area contributed by atoms with Crippen LogP contribution < -0.4 is 0 Å². The van der Waals surface area contributed by atoms with Crippen molar-refractivity contribution in [1.82, 2.24) is 0 Å². The second kappa shape index (κ2) is 3.61. The molecule has 0 bridgehead atoms. The molecule has 0 aromatic heterocycles. The fourth-order valence-electron chi connectivity index (χ4n) is 0.916. The van der Waals surface area contributed by atoms with Gasteiger partial charge in [-0.05, 0) is 0 Å². The van der Waals surface area contributed by atoms with E-state index in [-0.39, 0.29) is 5.73 Å². The first-order chi connectivity index (χ1) is 5.54. The van der Waals surface area contributed by atoms with E-state index in [9.17, 15) is 0 Å². The fraction of sp³-hybridized carbons (Fsp3) is 0.778. The summed E-state index contributed by atoms with van der Waals surface area (Å²) in [6.45, 7) is 8.14. The monoisotopic (exact) mass is 184 g/mol. The number of hydrogen-bond acceptors (Lipinski definition) is 2. The topological polar surface area (TPSA) is 21.8 Å².